The Morgan fingerprint density at radius 1 is 1.45 bits per heavy atom. The molecule has 1 N–H and O–H groups in total. The Bertz CT molecular complexity index is 648. The number of nitrogens with zero attached hydrogens (tertiary/aromatic N) is 3. The maximum Gasteiger partial charge on any atom is 0.127 e. The van der Waals surface area contributed by atoms with Crippen molar-refractivity contribution in [3.63, 3.8) is 0 Å². The molecule has 1 aromatic heterocycles. The zero-order chi connectivity index (χ0) is 14.2. The molecule has 4 nitrogen and oxygen atoms in total. The quantitative estimate of drug-likeness (QED) is 0.907. The topological polar surface area (TPSA) is 53.6 Å². The monoisotopic (exact) mass is 268 g/mol. The summed E-state index contributed by atoms with van der Waals surface area (Å²) in [7, 11) is 0. The van der Waals surface area contributed by atoms with Gasteiger partial charge in [-0.2, -0.15) is 5.26 Å². The Morgan fingerprint density at radius 3 is 2.85 bits per heavy atom. The van der Waals surface area contributed by atoms with Crippen LogP contribution in [0, 0.1) is 17.2 Å². The molecule has 1 heterocycles. The Kier molecular flexibility index (Phi) is 3.23. The second-order valence-corrected chi connectivity index (χ2v) is 6.02. The van der Waals surface area contributed by atoms with Crippen LogP contribution in [0.25, 0.3) is 11.0 Å². The predicted octanol–water partition coefficient (Wildman–Crippen LogP) is 2.71. The van der Waals surface area contributed by atoms with Gasteiger partial charge in [-0.05, 0) is 44.7 Å². The highest BCUT2D eigenvalue weighted by atomic mass is 15.1. The minimum Gasteiger partial charge on any atom is -0.328 e. The molecule has 1 unspecified atom stereocenters. The van der Waals surface area contributed by atoms with E-state index in [1.807, 2.05) is 24.5 Å². The molecule has 1 atom stereocenters. The van der Waals surface area contributed by atoms with Crippen molar-refractivity contribution in [3.8, 4) is 6.07 Å². The van der Waals surface area contributed by atoms with Crippen LogP contribution >= 0.6 is 0 Å². The molecule has 1 aliphatic carbocycles. The Labute approximate surface area is 119 Å². The van der Waals surface area contributed by atoms with Crippen LogP contribution < -0.4 is 5.32 Å². The fourth-order valence-electron chi connectivity index (χ4n) is 2.95. The molecule has 1 aromatic carbocycles. The van der Waals surface area contributed by atoms with Crippen molar-refractivity contribution in [3.05, 3.63) is 30.6 Å². The smallest absolute Gasteiger partial charge is 0.127 e. The van der Waals surface area contributed by atoms with E-state index in [2.05, 4.69) is 40.9 Å². The fourth-order valence-corrected chi connectivity index (χ4v) is 2.95. The summed E-state index contributed by atoms with van der Waals surface area (Å²) in [5.41, 5.74) is 1.61. The highest BCUT2D eigenvalue weighted by Gasteiger charge is 2.46. The molecule has 0 spiro atoms. The molecule has 1 fully saturated rings. The Balaban J connectivity index is 1.95. The van der Waals surface area contributed by atoms with E-state index in [0.29, 0.717) is 18.5 Å². The van der Waals surface area contributed by atoms with Gasteiger partial charge in [0.15, 0.2) is 0 Å². The number of fused-ring (bicyclic) bond motifs is 1. The van der Waals surface area contributed by atoms with Crippen LogP contribution in [0.3, 0.4) is 0 Å². The maximum absolute atomic E-state index is 9.76. The number of aromatic nitrogens is 2. The zero-order valence-electron chi connectivity index (χ0n) is 12.0. The standard InChI is InChI=1S/C16H20N4/c1-12(2)19-16(9-17,13-7-8-13)10-20-11-18-14-5-3-4-6-15(14)20/h3-6,11-13,19H,7-8,10H2,1-2H3. The molecule has 20 heavy (non-hydrogen) atoms. The zero-order valence-corrected chi connectivity index (χ0v) is 12.0. The summed E-state index contributed by atoms with van der Waals surface area (Å²) in [4.78, 5) is 4.42. The number of hydrogen-bond donors (Lipinski definition) is 1. The van der Waals surface area contributed by atoms with Crippen molar-refractivity contribution >= 4 is 11.0 Å². The van der Waals surface area contributed by atoms with E-state index in [-0.39, 0.29) is 0 Å². The van der Waals surface area contributed by atoms with E-state index >= 15 is 0 Å². The second-order valence-electron chi connectivity index (χ2n) is 6.02. The van der Waals surface area contributed by atoms with Crippen LogP contribution in [-0.2, 0) is 6.54 Å². The highest BCUT2D eigenvalue weighted by Crippen LogP contribution is 2.41. The third-order valence-corrected chi connectivity index (χ3v) is 3.97. The molecule has 3 rings (SSSR count). The Morgan fingerprint density at radius 2 is 2.20 bits per heavy atom. The van der Waals surface area contributed by atoms with Crippen molar-refractivity contribution in [1.82, 2.24) is 14.9 Å². The number of hydrogen-bond acceptors (Lipinski definition) is 3. The molecule has 0 bridgehead atoms. The van der Waals surface area contributed by atoms with Crippen LogP contribution in [0.2, 0.25) is 0 Å². The third-order valence-electron chi connectivity index (χ3n) is 3.97. The largest absolute Gasteiger partial charge is 0.328 e. The van der Waals surface area contributed by atoms with Gasteiger partial charge in [0.2, 0.25) is 0 Å². The van der Waals surface area contributed by atoms with Crippen LogP contribution in [-0.4, -0.2) is 21.1 Å². The first-order valence-electron chi connectivity index (χ1n) is 7.23. The van der Waals surface area contributed by atoms with Crippen molar-refractivity contribution in [2.45, 2.75) is 44.8 Å². The molecular weight excluding hydrogens is 248 g/mol. The minimum atomic E-state index is -0.475. The van der Waals surface area contributed by atoms with Crippen LogP contribution in [0.4, 0.5) is 0 Å². The molecular formula is C16H20N4. The maximum atomic E-state index is 9.76. The molecule has 0 amide bonds. The average Bonchev–Trinajstić information content (AvgIpc) is 3.22. The van der Waals surface area contributed by atoms with Gasteiger partial charge in [0.1, 0.15) is 5.54 Å². The molecule has 0 saturated heterocycles. The number of nitrogens with one attached hydrogen (secondary N) is 1. The number of imidazole rings is 1. The first-order chi connectivity index (χ1) is 9.64. The van der Waals surface area contributed by atoms with Gasteiger partial charge in [-0.15, -0.1) is 0 Å². The third kappa shape index (κ3) is 2.30. The summed E-state index contributed by atoms with van der Waals surface area (Å²) in [6, 6.07) is 10.9. The van der Waals surface area contributed by atoms with Gasteiger partial charge < -0.3 is 4.57 Å². The average molecular weight is 268 g/mol. The molecule has 104 valence electrons. The number of benzene rings is 1. The van der Waals surface area contributed by atoms with Crippen LogP contribution in [0.1, 0.15) is 26.7 Å². The summed E-state index contributed by atoms with van der Waals surface area (Å²) < 4.78 is 2.10. The SMILES string of the molecule is CC(C)NC(C#N)(Cn1cnc2ccccc21)C1CC1. The summed E-state index contributed by atoms with van der Waals surface area (Å²) in [6.07, 6.45) is 4.13. The molecule has 0 radical (unpaired) electrons. The lowest BCUT2D eigenvalue weighted by molar-refractivity contribution is 0.297. The molecule has 1 aliphatic rings. The summed E-state index contributed by atoms with van der Waals surface area (Å²) in [6.45, 7) is 4.85. The molecule has 4 heteroatoms. The highest BCUT2D eigenvalue weighted by molar-refractivity contribution is 5.75. The van der Waals surface area contributed by atoms with Crippen molar-refractivity contribution in [2.75, 3.05) is 0 Å². The lowest BCUT2D eigenvalue weighted by atomic mass is 9.93. The van der Waals surface area contributed by atoms with Gasteiger partial charge >= 0.3 is 0 Å². The summed E-state index contributed by atoms with van der Waals surface area (Å²) in [5, 5.41) is 13.3. The van der Waals surface area contributed by atoms with Gasteiger partial charge in [0.05, 0.1) is 30.0 Å². The Hall–Kier alpha value is -1.86. The fraction of sp³-hybridized carbons (Fsp3) is 0.500. The van der Waals surface area contributed by atoms with E-state index < -0.39 is 5.54 Å². The number of para-hydroxylation sites is 2. The van der Waals surface area contributed by atoms with Gasteiger partial charge in [-0.25, -0.2) is 4.98 Å². The van der Waals surface area contributed by atoms with Gasteiger partial charge in [0.25, 0.3) is 0 Å². The van der Waals surface area contributed by atoms with Crippen LogP contribution in [0.15, 0.2) is 30.6 Å². The normalized spacial score (nSPS) is 18.1. The van der Waals surface area contributed by atoms with E-state index in [1.165, 1.54) is 0 Å². The second kappa shape index (κ2) is 4.92. The summed E-state index contributed by atoms with van der Waals surface area (Å²) in [5.74, 6) is 0.455. The predicted molar refractivity (Wildman–Crippen MR) is 79.1 cm³/mol. The first-order valence-corrected chi connectivity index (χ1v) is 7.23. The molecule has 2 aromatic rings. The van der Waals surface area contributed by atoms with Crippen molar-refractivity contribution < 1.29 is 0 Å². The van der Waals surface area contributed by atoms with Gasteiger partial charge in [-0.1, -0.05) is 12.1 Å². The molecule has 1 saturated carbocycles. The lowest BCUT2D eigenvalue weighted by Gasteiger charge is -2.31. The lowest BCUT2D eigenvalue weighted by Crippen LogP contribution is -2.52. The van der Waals surface area contributed by atoms with E-state index in [0.717, 1.165) is 23.9 Å². The van der Waals surface area contributed by atoms with Gasteiger partial charge in [0, 0.05) is 6.04 Å². The number of nitriles is 1. The first kappa shape index (κ1) is 13.1. The summed E-state index contributed by atoms with van der Waals surface area (Å²) >= 11 is 0. The van der Waals surface area contributed by atoms with E-state index in [4.69, 9.17) is 0 Å². The van der Waals surface area contributed by atoms with E-state index in [1.54, 1.807) is 0 Å². The minimum absolute atomic E-state index is 0.296. The van der Waals surface area contributed by atoms with Crippen molar-refractivity contribution in [1.29, 1.82) is 5.26 Å². The van der Waals surface area contributed by atoms with E-state index in [9.17, 15) is 5.26 Å². The number of rotatable bonds is 5. The van der Waals surface area contributed by atoms with Crippen molar-refractivity contribution in [2.24, 2.45) is 5.92 Å². The van der Waals surface area contributed by atoms with Gasteiger partial charge in [-0.3, -0.25) is 5.32 Å². The molecule has 0 aliphatic heterocycles. The van der Waals surface area contributed by atoms with Crippen LogP contribution in [0.5, 0.6) is 0 Å².